The van der Waals surface area contributed by atoms with Crippen molar-refractivity contribution in [2.45, 2.75) is 25.9 Å². The highest BCUT2D eigenvalue weighted by atomic mass is 16.5. The number of methoxy groups -OCH3 is 1. The van der Waals surface area contributed by atoms with Crippen LogP contribution in [-0.2, 0) is 17.9 Å². The van der Waals surface area contributed by atoms with Crippen LogP contribution in [0, 0.1) is 5.92 Å². The van der Waals surface area contributed by atoms with Gasteiger partial charge in [-0.3, -0.25) is 9.69 Å². The molecule has 1 atom stereocenters. The van der Waals surface area contributed by atoms with Crippen molar-refractivity contribution in [1.29, 1.82) is 0 Å². The molecule has 0 radical (unpaired) electrons. The van der Waals surface area contributed by atoms with E-state index in [-0.39, 0.29) is 11.8 Å². The van der Waals surface area contributed by atoms with Crippen LogP contribution in [0.25, 0.3) is 11.3 Å². The molecule has 0 spiro atoms. The van der Waals surface area contributed by atoms with Crippen molar-refractivity contribution in [3.05, 3.63) is 60.2 Å². The molecule has 1 N–H and O–H groups in total. The van der Waals surface area contributed by atoms with Crippen molar-refractivity contribution >= 4 is 5.91 Å². The normalized spacial score (nSPS) is 17.2. The molecule has 1 aliphatic rings. The first kappa shape index (κ1) is 19.3. The monoisotopic (exact) mass is 395 g/mol. The predicted molar refractivity (Wildman–Crippen MR) is 107 cm³/mol. The highest BCUT2D eigenvalue weighted by Gasteiger charge is 2.26. The second-order valence-electron chi connectivity index (χ2n) is 7.28. The molecular weight excluding hydrogens is 370 g/mol. The zero-order valence-electron chi connectivity index (χ0n) is 16.5. The molecule has 3 aromatic rings. The summed E-state index contributed by atoms with van der Waals surface area (Å²) in [4.78, 5) is 14.9. The Hall–Kier alpha value is -3.06. The molecule has 7 nitrogen and oxygen atoms in total. The largest absolute Gasteiger partial charge is 0.497 e. The maximum absolute atomic E-state index is 12.6. The van der Waals surface area contributed by atoms with E-state index < -0.39 is 0 Å². The van der Waals surface area contributed by atoms with E-state index in [1.165, 1.54) is 0 Å². The fraction of sp³-hybridized carbons (Fsp3) is 0.364. The Morgan fingerprint density at radius 3 is 2.90 bits per heavy atom. The molecule has 7 heteroatoms. The summed E-state index contributed by atoms with van der Waals surface area (Å²) in [6.07, 6.45) is 3.58. The molecule has 1 unspecified atom stereocenters. The Kier molecular flexibility index (Phi) is 5.95. The number of rotatable bonds is 7. The van der Waals surface area contributed by atoms with Crippen molar-refractivity contribution in [3.8, 4) is 17.0 Å². The second-order valence-corrected chi connectivity index (χ2v) is 7.28. The molecule has 3 heterocycles. The van der Waals surface area contributed by atoms with E-state index in [1.807, 2.05) is 42.5 Å². The molecule has 0 bridgehead atoms. The van der Waals surface area contributed by atoms with Gasteiger partial charge in [0.05, 0.1) is 32.4 Å². The number of benzene rings is 1. The Balaban J connectivity index is 1.29. The summed E-state index contributed by atoms with van der Waals surface area (Å²) >= 11 is 0. The molecule has 1 saturated heterocycles. The van der Waals surface area contributed by atoms with Gasteiger partial charge in [0.2, 0.25) is 5.91 Å². The molecule has 29 heavy (non-hydrogen) atoms. The average molecular weight is 395 g/mol. The number of ether oxygens (including phenoxy) is 1. The second kappa shape index (κ2) is 8.96. The lowest BCUT2D eigenvalue weighted by Crippen LogP contribution is -2.42. The van der Waals surface area contributed by atoms with Crippen molar-refractivity contribution < 1.29 is 18.5 Å². The van der Waals surface area contributed by atoms with Gasteiger partial charge in [-0.25, -0.2) is 0 Å². The number of carbonyl (C=O) groups is 1. The van der Waals surface area contributed by atoms with Crippen molar-refractivity contribution in [2.75, 3.05) is 20.2 Å². The molecule has 4 rings (SSSR count). The minimum Gasteiger partial charge on any atom is -0.497 e. The van der Waals surface area contributed by atoms with Gasteiger partial charge >= 0.3 is 0 Å². The maximum Gasteiger partial charge on any atom is 0.224 e. The van der Waals surface area contributed by atoms with Gasteiger partial charge in [-0.2, -0.15) is 0 Å². The standard InChI is InChI=1S/C22H25N3O4/c1-27-18-8-6-16(7-9-18)21-12-20(29-24-21)13-23-22(26)17-4-2-10-25(14-17)15-19-5-3-11-28-19/h3,5-9,11-12,17H,2,4,10,13-15H2,1H3,(H,23,26). The van der Waals surface area contributed by atoms with E-state index in [0.29, 0.717) is 12.3 Å². The van der Waals surface area contributed by atoms with Crippen LogP contribution < -0.4 is 10.1 Å². The summed E-state index contributed by atoms with van der Waals surface area (Å²) in [5.41, 5.74) is 1.67. The Labute approximate surface area is 169 Å². The van der Waals surface area contributed by atoms with Gasteiger partial charge in [0.1, 0.15) is 17.2 Å². The molecule has 1 aromatic carbocycles. The van der Waals surface area contributed by atoms with Gasteiger partial charge in [0, 0.05) is 18.2 Å². The number of hydrogen-bond donors (Lipinski definition) is 1. The fourth-order valence-electron chi connectivity index (χ4n) is 3.65. The third kappa shape index (κ3) is 4.86. The van der Waals surface area contributed by atoms with Crippen LogP contribution in [0.2, 0.25) is 0 Å². The van der Waals surface area contributed by atoms with Crippen LogP contribution in [0.15, 0.2) is 57.7 Å². The van der Waals surface area contributed by atoms with E-state index >= 15 is 0 Å². The van der Waals surface area contributed by atoms with Gasteiger partial charge in [-0.1, -0.05) is 5.16 Å². The fourth-order valence-corrected chi connectivity index (χ4v) is 3.65. The topological polar surface area (TPSA) is 80.7 Å². The Morgan fingerprint density at radius 2 is 2.14 bits per heavy atom. The van der Waals surface area contributed by atoms with Crippen LogP contribution in [0.3, 0.4) is 0 Å². The van der Waals surface area contributed by atoms with Crippen LogP contribution in [0.1, 0.15) is 24.4 Å². The summed E-state index contributed by atoms with van der Waals surface area (Å²) in [5, 5.41) is 7.09. The number of furan rings is 1. The van der Waals surface area contributed by atoms with Crippen molar-refractivity contribution in [2.24, 2.45) is 5.92 Å². The summed E-state index contributed by atoms with van der Waals surface area (Å²) in [6.45, 7) is 2.79. The number of likely N-dealkylation sites (tertiary alicyclic amines) is 1. The lowest BCUT2D eigenvalue weighted by molar-refractivity contribution is -0.127. The van der Waals surface area contributed by atoms with Gasteiger partial charge in [-0.15, -0.1) is 0 Å². The molecule has 152 valence electrons. The quantitative estimate of drug-likeness (QED) is 0.660. The number of aromatic nitrogens is 1. The molecule has 1 aliphatic heterocycles. The van der Waals surface area contributed by atoms with E-state index in [4.69, 9.17) is 13.7 Å². The summed E-state index contributed by atoms with van der Waals surface area (Å²) in [7, 11) is 1.63. The van der Waals surface area contributed by atoms with Crippen LogP contribution in [0.4, 0.5) is 0 Å². The van der Waals surface area contributed by atoms with E-state index in [9.17, 15) is 4.79 Å². The van der Waals surface area contributed by atoms with Crippen molar-refractivity contribution in [1.82, 2.24) is 15.4 Å². The van der Waals surface area contributed by atoms with E-state index in [0.717, 1.165) is 55.2 Å². The first-order valence-corrected chi connectivity index (χ1v) is 9.84. The van der Waals surface area contributed by atoms with Gasteiger partial charge in [0.15, 0.2) is 5.76 Å². The maximum atomic E-state index is 12.6. The molecule has 1 fully saturated rings. The number of amides is 1. The summed E-state index contributed by atoms with van der Waals surface area (Å²) in [5.74, 6) is 2.38. The highest BCUT2D eigenvalue weighted by Crippen LogP contribution is 2.23. The summed E-state index contributed by atoms with van der Waals surface area (Å²) in [6, 6.07) is 13.3. The SMILES string of the molecule is COc1ccc(-c2cc(CNC(=O)C3CCCN(Cc4ccco4)C3)on2)cc1. The van der Waals surface area contributed by atoms with Crippen LogP contribution >= 0.6 is 0 Å². The highest BCUT2D eigenvalue weighted by molar-refractivity contribution is 5.79. The Bertz CT molecular complexity index is 918. The number of nitrogens with zero attached hydrogens (tertiary/aromatic N) is 2. The van der Waals surface area contributed by atoms with Crippen LogP contribution in [0.5, 0.6) is 5.75 Å². The zero-order valence-corrected chi connectivity index (χ0v) is 16.5. The van der Waals surface area contributed by atoms with Gasteiger partial charge in [-0.05, 0) is 55.8 Å². The first-order valence-electron chi connectivity index (χ1n) is 9.84. The minimum absolute atomic E-state index is 0.0253. The zero-order chi connectivity index (χ0) is 20.1. The van der Waals surface area contributed by atoms with Gasteiger partial charge in [0.25, 0.3) is 0 Å². The lowest BCUT2D eigenvalue weighted by atomic mass is 9.97. The summed E-state index contributed by atoms with van der Waals surface area (Å²) < 4.78 is 16.0. The average Bonchev–Trinajstić information content (AvgIpc) is 3.44. The number of hydrogen-bond acceptors (Lipinski definition) is 6. The van der Waals surface area contributed by atoms with Crippen LogP contribution in [-0.4, -0.2) is 36.2 Å². The lowest BCUT2D eigenvalue weighted by Gasteiger charge is -2.31. The third-order valence-electron chi connectivity index (χ3n) is 5.22. The molecule has 1 amide bonds. The smallest absolute Gasteiger partial charge is 0.224 e. The predicted octanol–water partition coefficient (Wildman–Crippen LogP) is 3.47. The van der Waals surface area contributed by atoms with Gasteiger partial charge < -0.3 is 19.0 Å². The molecule has 2 aromatic heterocycles. The molecular formula is C22H25N3O4. The minimum atomic E-state index is -0.0253. The number of nitrogens with one attached hydrogen (secondary N) is 1. The van der Waals surface area contributed by atoms with E-state index in [1.54, 1.807) is 13.4 Å². The third-order valence-corrected chi connectivity index (χ3v) is 5.22. The number of carbonyl (C=O) groups excluding carboxylic acids is 1. The van der Waals surface area contributed by atoms with E-state index in [2.05, 4.69) is 15.4 Å². The Morgan fingerprint density at radius 1 is 1.28 bits per heavy atom. The van der Waals surface area contributed by atoms with Crippen molar-refractivity contribution in [3.63, 3.8) is 0 Å². The first-order chi connectivity index (χ1) is 14.2. The number of piperidine rings is 1. The molecule has 0 aliphatic carbocycles. The molecule has 0 saturated carbocycles.